The van der Waals surface area contributed by atoms with E-state index in [4.69, 9.17) is 56.2 Å². The Morgan fingerprint density at radius 2 is 2.05 bits per heavy atom. The van der Waals surface area contributed by atoms with Crippen molar-refractivity contribution in [1.82, 2.24) is 10.2 Å². The van der Waals surface area contributed by atoms with Crippen LogP contribution in [0.15, 0.2) is 16.5 Å². The molecule has 0 saturated heterocycles. The van der Waals surface area contributed by atoms with Gasteiger partial charge in [0.25, 0.3) is 4.84 Å². The van der Waals surface area contributed by atoms with Crippen molar-refractivity contribution in [3.63, 3.8) is 0 Å². The first-order valence-electron chi connectivity index (χ1n) is 5.96. The molecule has 0 radical (unpaired) electrons. The fourth-order valence-corrected chi connectivity index (χ4v) is 3.39. The lowest BCUT2D eigenvalue weighted by atomic mass is 10.3. The highest BCUT2D eigenvalue weighted by molar-refractivity contribution is 7.99. The van der Waals surface area contributed by atoms with Crippen LogP contribution in [0, 0.1) is 4.84 Å². The van der Waals surface area contributed by atoms with Crippen molar-refractivity contribution in [2.75, 3.05) is 0 Å². The van der Waals surface area contributed by atoms with Crippen LogP contribution in [0.4, 0.5) is 0 Å². The fraction of sp³-hybridized carbons (Fsp3) is 0.333. The van der Waals surface area contributed by atoms with Gasteiger partial charge < -0.3 is 9.15 Å². The van der Waals surface area contributed by atoms with Crippen LogP contribution in [0.5, 0.6) is 5.75 Å². The quantitative estimate of drug-likeness (QED) is 0.507. The highest BCUT2D eigenvalue weighted by Gasteiger charge is 2.16. The van der Waals surface area contributed by atoms with Crippen molar-refractivity contribution >= 4 is 58.8 Å². The number of thioether (sulfide) groups is 1. The SMILES string of the molecule is CCC(Oc1c(Cl)cc(Cl)cc1Cl)SCc1n[nH]c(=S)o1. The summed E-state index contributed by atoms with van der Waals surface area (Å²) in [5.41, 5.74) is -0.151. The van der Waals surface area contributed by atoms with Crippen LogP contribution in [-0.4, -0.2) is 15.6 Å². The van der Waals surface area contributed by atoms with Crippen molar-refractivity contribution in [1.29, 1.82) is 0 Å². The molecule has 1 aromatic heterocycles. The third-order valence-corrected chi connectivity index (χ3v) is 4.59. The minimum Gasteiger partial charge on any atom is -0.477 e. The van der Waals surface area contributed by atoms with E-state index in [1.165, 1.54) is 11.8 Å². The molecule has 0 aliphatic carbocycles. The number of hydrogen-bond acceptors (Lipinski definition) is 5. The molecule has 1 N–H and O–H groups in total. The van der Waals surface area contributed by atoms with E-state index in [0.29, 0.717) is 32.5 Å². The Balaban J connectivity index is 2.04. The molecular formula is C12H11Cl3N2O2S2. The van der Waals surface area contributed by atoms with Crippen molar-refractivity contribution in [3.05, 3.63) is 37.9 Å². The smallest absolute Gasteiger partial charge is 0.284 e. The van der Waals surface area contributed by atoms with Crippen molar-refractivity contribution in [2.45, 2.75) is 24.5 Å². The second kappa shape index (κ2) is 7.74. The Kier molecular flexibility index (Phi) is 6.25. The predicted octanol–water partition coefficient (Wildman–Crippen LogP) is 5.74. The first kappa shape index (κ1) is 17.0. The molecule has 0 amide bonds. The number of rotatable bonds is 6. The number of aromatic nitrogens is 2. The summed E-state index contributed by atoms with van der Waals surface area (Å²) in [6.07, 6.45) is 0.755. The van der Waals surface area contributed by atoms with Crippen molar-refractivity contribution < 1.29 is 9.15 Å². The third-order valence-electron chi connectivity index (χ3n) is 2.42. The van der Waals surface area contributed by atoms with E-state index in [1.807, 2.05) is 6.92 Å². The van der Waals surface area contributed by atoms with Gasteiger partial charge in [-0.3, -0.25) is 0 Å². The maximum absolute atomic E-state index is 6.10. The molecule has 0 fully saturated rings. The summed E-state index contributed by atoms with van der Waals surface area (Å²) in [5.74, 6) is 1.46. The van der Waals surface area contributed by atoms with Gasteiger partial charge in [-0.15, -0.1) is 16.9 Å². The molecule has 1 aromatic carbocycles. The first-order valence-corrected chi connectivity index (χ1v) is 8.56. The molecule has 21 heavy (non-hydrogen) atoms. The molecule has 2 aromatic rings. The highest BCUT2D eigenvalue weighted by Crippen LogP contribution is 2.38. The van der Waals surface area contributed by atoms with Crippen LogP contribution < -0.4 is 4.74 Å². The lowest BCUT2D eigenvalue weighted by molar-refractivity contribution is 0.284. The van der Waals surface area contributed by atoms with E-state index in [9.17, 15) is 0 Å². The van der Waals surface area contributed by atoms with E-state index in [2.05, 4.69) is 10.2 Å². The molecule has 0 aliphatic heterocycles. The van der Waals surface area contributed by atoms with E-state index >= 15 is 0 Å². The van der Waals surface area contributed by atoms with Gasteiger partial charge in [-0.2, -0.15) is 0 Å². The number of H-pyrrole nitrogens is 1. The van der Waals surface area contributed by atoms with Crippen LogP contribution in [0.2, 0.25) is 15.1 Å². The zero-order valence-electron chi connectivity index (χ0n) is 10.9. The molecule has 1 unspecified atom stereocenters. The third kappa shape index (κ3) is 4.79. The second-order valence-corrected chi connectivity index (χ2v) is 6.74. The normalized spacial score (nSPS) is 12.4. The topological polar surface area (TPSA) is 51.0 Å². The van der Waals surface area contributed by atoms with Gasteiger partial charge in [0, 0.05) is 5.02 Å². The average molecular weight is 386 g/mol. The zero-order valence-corrected chi connectivity index (χ0v) is 14.8. The van der Waals surface area contributed by atoms with Crippen LogP contribution in [0.3, 0.4) is 0 Å². The second-order valence-electron chi connectivity index (χ2n) is 3.97. The molecule has 9 heteroatoms. The zero-order chi connectivity index (χ0) is 15.4. The minimum atomic E-state index is -0.151. The van der Waals surface area contributed by atoms with Gasteiger partial charge in [-0.25, -0.2) is 5.10 Å². The van der Waals surface area contributed by atoms with Gasteiger partial charge in [0.2, 0.25) is 5.89 Å². The molecule has 0 spiro atoms. The number of benzene rings is 1. The molecule has 1 heterocycles. The molecule has 114 valence electrons. The number of nitrogens with zero attached hydrogens (tertiary/aromatic N) is 1. The first-order chi connectivity index (χ1) is 9.99. The number of hydrogen-bond donors (Lipinski definition) is 1. The number of nitrogens with one attached hydrogen (secondary N) is 1. The largest absolute Gasteiger partial charge is 0.477 e. The van der Waals surface area contributed by atoms with Gasteiger partial charge in [0.15, 0.2) is 5.75 Å². The molecule has 0 aliphatic rings. The average Bonchev–Trinajstić information content (AvgIpc) is 2.83. The lowest BCUT2D eigenvalue weighted by Gasteiger charge is -2.18. The summed E-state index contributed by atoms with van der Waals surface area (Å²) in [4.78, 5) is 0.253. The van der Waals surface area contributed by atoms with Gasteiger partial charge in [0.05, 0.1) is 15.8 Å². The van der Waals surface area contributed by atoms with Crippen LogP contribution in [0.1, 0.15) is 19.2 Å². The van der Waals surface area contributed by atoms with Crippen LogP contribution in [-0.2, 0) is 5.75 Å². The number of ether oxygens (including phenoxy) is 1. The summed E-state index contributed by atoms with van der Waals surface area (Å²) < 4.78 is 11.0. The van der Waals surface area contributed by atoms with Crippen LogP contribution >= 0.6 is 58.8 Å². The van der Waals surface area contributed by atoms with E-state index in [-0.39, 0.29) is 10.3 Å². The predicted molar refractivity (Wildman–Crippen MR) is 89.2 cm³/mol. The summed E-state index contributed by atoms with van der Waals surface area (Å²) in [7, 11) is 0. The van der Waals surface area contributed by atoms with Gasteiger partial charge in [0.1, 0.15) is 5.44 Å². The van der Waals surface area contributed by atoms with Crippen molar-refractivity contribution in [2.24, 2.45) is 0 Å². The lowest BCUT2D eigenvalue weighted by Crippen LogP contribution is -2.11. The summed E-state index contributed by atoms with van der Waals surface area (Å²) in [6, 6.07) is 3.18. The Morgan fingerprint density at radius 1 is 1.38 bits per heavy atom. The molecule has 4 nitrogen and oxygen atoms in total. The maximum atomic E-state index is 6.10. The maximum Gasteiger partial charge on any atom is 0.284 e. The van der Waals surface area contributed by atoms with Crippen molar-refractivity contribution in [3.8, 4) is 5.75 Å². The number of halogens is 3. The van der Waals surface area contributed by atoms with E-state index in [1.54, 1.807) is 12.1 Å². The standard InChI is InChI=1S/C12H11Cl3N2O2S2/c1-2-10(21-5-9-16-17-12(20)18-9)19-11-7(14)3-6(13)4-8(11)15/h3-4,10H,2,5H2,1H3,(H,17,20). The van der Waals surface area contributed by atoms with Gasteiger partial charge in [-0.05, 0) is 30.8 Å². The molecule has 0 bridgehead atoms. The monoisotopic (exact) mass is 384 g/mol. The van der Waals surface area contributed by atoms with Gasteiger partial charge >= 0.3 is 0 Å². The molecule has 0 saturated carbocycles. The van der Waals surface area contributed by atoms with Crippen LogP contribution in [0.25, 0.3) is 0 Å². The highest BCUT2D eigenvalue weighted by atomic mass is 35.5. The van der Waals surface area contributed by atoms with Gasteiger partial charge in [-0.1, -0.05) is 41.7 Å². The molecular weight excluding hydrogens is 375 g/mol. The molecule has 2 rings (SSSR count). The minimum absolute atomic E-state index is 0.151. The van der Waals surface area contributed by atoms with E-state index in [0.717, 1.165) is 6.42 Å². The number of aromatic amines is 1. The summed E-state index contributed by atoms with van der Waals surface area (Å²) >= 11 is 24.4. The molecule has 1 atom stereocenters. The summed E-state index contributed by atoms with van der Waals surface area (Å²) in [5, 5.41) is 7.73. The fourth-order valence-electron chi connectivity index (χ4n) is 1.49. The Hall–Kier alpha value is -0.400. The van der Waals surface area contributed by atoms with E-state index < -0.39 is 0 Å². The Bertz CT molecular complexity index is 652. The Morgan fingerprint density at radius 3 is 2.57 bits per heavy atom. The summed E-state index contributed by atoms with van der Waals surface area (Å²) in [6.45, 7) is 2.00. The Labute approximate surface area is 146 Å².